The third-order valence-electron chi connectivity index (χ3n) is 5.40. The Morgan fingerprint density at radius 1 is 1.00 bits per heavy atom. The number of benzene rings is 2. The zero-order chi connectivity index (χ0) is 20.8. The summed E-state index contributed by atoms with van der Waals surface area (Å²) in [7, 11) is 0. The number of aliphatic carboxylic acids is 1. The molecule has 1 fully saturated rings. The monoisotopic (exact) mass is 394 g/mol. The zero-order valence-electron chi connectivity index (χ0n) is 16.6. The highest BCUT2D eigenvalue weighted by Gasteiger charge is 2.27. The summed E-state index contributed by atoms with van der Waals surface area (Å²) in [6, 6.07) is 14.7. The van der Waals surface area contributed by atoms with Crippen LogP contribution in [-0.4, -0.2) is 40.9 Å². The maximum atomic E-state index is 12.6. The van der Waals surface area contributed by atoms with Crippen molar-refractivity contribution in [1.82, 2.24) is 4.90 Å². The second-order valence-electron chi connectivity index (χ2n) is 7.33. The van der Waals surface area contributed by atoms with Gasteiger partial charge in [0.1, 0.15) is 0 Å². The Kier molecular flexibility index (Phi) is 6.65. The molecular weight excluding hydrogens is 368 g/mol. The standard InChI is InChI=1S/C23H26N2O4/c1-2-16-5-3-4-6-19(16)15-21(26)24-20-9-7-17(8-10-20)22(27)25-13-11-18(12-14-25)23(28)29/h3-10,18H,2,11-15H2,1H3,(H,24,26)(H,28,29). The number of piperidine rings is 1. The van der Waals surface area contributed by atoms with Crippen LogP contribution in [0.3, 0.4) is 0 Å². The van der Waals surface area contributed by atoms with Crippen LogP contribution in [0.1, 0.15) is 41.3 Å². The van der Waals surface area contributed by atoms with E-state index < -0.39 is 5.97 Å². The molecule has 0 aromatic heterocycles. The van der Waals surface area contributed by atoms with Gasteiger partial charge >= 0.3 is 5.97 Å². The lowest BCUT2D eigenvalue weighted by molar-refractivity contribution is -0.143. The topological polar surface area (TPSA) is 86.7 Å². The zero-order valence-corrected chi connectivity index (χ0v) is 16.6. The van der Waals surface area contributed by atoms with Crippen LogP contribution < -0.4 is 5.32 Å². The van der Waals surface area contributed by atoms with Crippen LogP contribution in [0.4, 0.5) is 5.69 Å². The lowest BCUT2D eigenvalue weighted by atomic mass is 9.96. The first-order valence-electron chi connectivity index (χ1n) is 9.96. The van der Waals surface area contributed by atoms with Gasteiger partial charge in [-0.05, 0) is 54.7 Å². The van der Waals surface area contributed by atoms with Gasteiger partial charge in [0, 0.05) is 24.3 Å². The predicted molar refractivity (Wildman–Crippen MR) is 111 cm³/mol. The number of nitrogens with one attached hydrogen (secondary N) is 1. The van der Waals surface area contributed by atoms with Crippen molar-refractivity contribution < 1.29 is 19.5 Å². The quantitative estimate of drug-likeness (QED) is 0.786. The second-order valence-corrected chi connectivity index (χ2v) is 7.33. The normalized spacial score (nSPS) is 14.4. The van der Waals surface area contributed by atoms with Gasteiger partial charge in [-0.25, -0.2) is 0 Å². The summed E-state index contributed by atoms with van der Waals surface area (Å²) < 4.78 is 0. The van der Waals surface area contributed by atoms with E-state index in [9.17, 15) is 14.4 Å². The van der Waals surface area contributed by atoms with Crippen molar-refractivity contribution in [3.05, 3.63) is 65.2 Å². The Hall–Kier alpha value is -3.15. The molecule has 0 spiro atoms. The third-order valence-corrected chi connectivity index (χ3v) is 5.40. The molecule has 29 heavy (non-hydrogen) atoms. The number of amides is 2. The molecule has 152 valence electrons. The summed E-state index contributed by atoms with van der Waals surface area (Å²) >= 11 is 0. The number of anilines is 1. The molecule has 1 saturated heterocycles. The SMILES string of the molecule is CCc1ccccc1CC(=O)Nc1ccc(C(=O)N2CCC(C(=O)O)CC2)cc1. The van der Waals surface area contributed by atoms with Crippen molar-refractivity contribution in [3.63, 3.8) is 0 Å². The number of hydrogen-bond acceptors (Lipinski definition) is 3. The van der Waals surface area contributed by atoms with Crippen molar-refractivity contribution in [2.75, 3.05) is 18.4 Å². The van der Waals surface area contributed by atoms with Crippen molar-refractivity contribution in [1.29, 1.82) is 0 Å². The van der Waals surface area contributed by atoms with E-state index in [-0.39, 0.29) is 17.7 Å². The summed E-state index contributed by atoms with van der Waals surface area (Å²) in [5.74, 6) is -1.36. The van der Waals surface area contributed by atoms with Gasteiger partial charge in [-0.2, -0.15) is 0 Å². The minimum atomic E-state index is -0.793. The van der Waals surface area contributed by atoms with Crippen LogP contribution >= 0.6 is 0 Å². The Morgan fingerprint density at radius 3 is 2.21 bits per heavy atom. The van der Waals surface area contributed by atoms with Crippen molar-refractivity contribution in [2.45, 2.75) is 32.6 Å². The van der Waals surface area contributed by atoms with Crippen molar-refractivity contribution >= 4 is 23.5 Å². The maximum Gasteiger partial charge on any atom is 0.306 e. The van der Waals surface area contributed by atoms with Crippen LogP contribution in [0.25, 0.3) is 0 Å². The molecule has 2 amide bonds. The van der Waals surface area contributed by atoms with Gasteiger partial charge in [-0.1, -0.05) is 31.2 Å². The first-order valence-corrected chi connectivity index (χ1v) is 9.96. The molecule has 2 aromatic carbocycles. The molecule has 0 atom stereocenters. The van der Waals surface area contributed by atoms with Gasteiger partial charge in [0.05, 0.1) is 12.3 Å². The van der Waals surface area contributed by atoms with E-state index in [4.69, 9.17) is 5.11 Å². The fourth-order valence-corrected chi connectivity index (χ4v) is 3.66. The van der Waals surface area contributed by atoms with Gasteiger partial charge in [0.15, 0.2) is 0 Å². The van der Waals surface area contributed by atoms with E-state index in [2.05, 4.69) is 12.2 Å². The molecule has 0 saturated carbocycles. The summed E-state index contributed by atoms with van der Waals surface area (Å²) in [5, 5.41) is 11.9. The highest BCUT2D eigenvalue weighted by atomic mass is 16.4. The molecule has 3 rings (SSSR count). The number of rotatable bonds is 6. The average Bonchev–Trinajstić information content (AvgIpc) is 2.74. The number of nitrogens with zero attached hydrogens (tertiary/aromatic N) is 1. The second kappa shape index (κ2) is 9.37. The highest BCUT2D eigenvalue weighted by Crippen LogP contribution is 2.20. The molecule has 6 heteroatoms. The molecule has 0 bridgehead atoms. The van der Waals surface area contributed by atoms with Gasteiger partial charge in [0.25, 0.3) is 5.91 Å². The molecule has 0 aliphatic carbocycles. The lowest BCUT2D eigenvalue weighted by Gasteiger charge is -2.30. The summed E-state index contributed by atoms with van der Waals surface area (Å²) in [6.45, 7) is 2.97. The number of hydrogen-bond donors (Lipinski definition) is 2. The molecular formula is C23H26N2O4. The minimum Gasteiger partial charge on any atom is -0.481 e. The molecule has 1 heterocycles. The van der Waals surface area contributed by atoms with E-state index in [0.717, 1.165) is 17.5 Å². The third kappa shape index (κ3) is 5.22. The van der Waals surface area contributed by atoms with E-state index in [1.807, 2.05) is 24.3 Å². The first-order chi connectivity index (χ1) is 14.0. The van der Waals surface area contributed by atoms with Crippen LogP contribution in [-0.2, 0) is 22.4 Å². The first kappa shape index (κ1) is 20.6. The van der Waals surface area contributed by atoms with Crippen molar-refractivity contribution in [2.24, 2.45) is 5.92 Å². The Labute approximate surface area is 170 Å². The van der Waals surface area contributed by atoms with E-state index >= 15 is 0 Å². The van der Waals surface area contributed by atoms with Gasteiger partial charge in [0.2, 0.25) is 5.91 Å². The van der Waals surface area contributed by atoms with Crippen molar-refractivity contribution in [3.8, 4) is 0 Å². The van der Waals surface area contributed by atoms with E-state index in [1.54, 1.807) is 29.2 Å². The number of carboxylic acids is 1. The molecule has 6 nitrogen and oxygen atoms in total. The summed E-state index contributed by atoms with van der Waals surface area (Å²) in [6.07, 6.45) is 2.15. The molecule has 1 aliphatic heterocycles. The highest BCUT2D eigenvalue weighted by molar-refractivity contribution is 5.96. The number of likely N-dealkylation sites (tertiary alicyclic amines) is 1. The number of carbonyl (C=O) groups is 3. The molecule has 1 aliphatic rings. The van der Waals surface area contributed by atoms with Crippen LogP contribution in [0.2, 0.25) is 0 Å². The van der Waals surface area contributed by atoms with Gasteiger partial charge in [-0.15, -0.1) is 0 Å². The Morgan fingerprint density at radius 2 is 1.62 bits per heavy atom. The largest absolute Gasteiger partial charge is 0.481 e. The van der Waals surface area contributed by atoms with E-state index in [1.165, 1.54) is 0 Å². The van der Waals surface area contributed by atoms with Crippen LogP contribution in [0.5, 0.6) is 0 Å². The Bertz CT molecular complexity index is 884. The molecule has 0 radical (unpaired) electrons. The van der Waals surface area contributed by atoms with Gasteiger partial charge < -0.3 is 15.3 Å². The summed E-state index contributed by atoms with van der Waals surface area (Å²) in [4.78, 5) is 37.7. The minimum absolute atomic E-state index is 0.0966. The fraction of sp³-hybridized carbons (Fsp3) is 0.348. The Balaban J connectivity index is 1.56. The smallest absolute Gasteiger partial charge is 0.306 e. The van der Waals surface area contributed by atoms with Gasteiger partial charge in [-0.3, -0.25) is 14.4 Å². The average molecular weight is 394 g/mol. The maximum absolute atomic E-state index is 12.6. The number of carbonyl (C=O) groups excluding carboxylic acids is 2. The van der Waals surface area contributed by atoms with Crippen LogP contribution in [0, 0.1) is 5.92 Å². The van der Waals surface area contributed by atoms with E-state index in [0.29, 0.717) is 43.6 Å². The number of carboxylic acid groups (broad SMARTS) is 1. The lowest BCUT2D eigenvalue weighted by Crippen LogP contribution is -2.40. The molecule has 0 unspecified atom stereocenters. The number of aryl methyl sites for hydroxylation is 1. The fourth-order valence-electron chi connectivity index (χ4n) is 3.66. The summed E-state index contributed by atoms with van der Waals surface area (Å²) in [5.41, 5.74) is 3.36. The van der Waals surface area contributed by atoms with Crippen LogP contribution in [0.15, 0.2) is 48.5 Å². The predicted octanol–water partition coefficient (Wildman–Crippen LogP) is 3.37. The molecule has 2 N–H and O–H groups in total. The molecule has 2 aromatic rings.